The Hall–Kier alpha value is -0.750. The maximum absolute atomic E-state index is 8.04. The van der Waals surface area contributed by atoms with Gasteiger partial charge in [0, 0.05) is 0 Å². The molecule has 0 amide bonds. The van der Waals surface area contributed by atoms with Crippen LogP contribution in [0.4, 0.5) is 0 Å². The second kappa shape index (κ2) is 3.31. The van der Waals surface area contributed by atoms with Crippen LogP contribution < -0.4 is 5.48 Å². The Bertz CT molecular complexity index is 113. The number of nitrogens with one attached hydrogen (secondary N) is 1. The van der Waals surface area contributed by atoms with Crippen molar-refractivity contribution < 1.29 is 4.84 Å². The molecule has 1 N–H and O–H groups in total. The Balaban J connectivity index is 2.06. The lowest BCUT2D eigenvalue weighted by Gasteiger charge is -2.05. The van der Waals surface area contributed by atoms with Gasteiger partial charge >= 0.3 is 0 Å². The molecular weight excluding hydrogens is 116 g/mol. The van der Waals surface area contributed by atoms with Crippen molar-refractivity contribution in [3.8, 4) is 6.19 Å². The molecule has 1 rings (SSSR count). The molecule has 0 bridgehead atoms. The first-order valence-electron chi connectivity index (χ1n) is 3.23. The molecule has 1 aliphatic carbocycles. The van der Waals surface area contributed by atoms with Gasteiger partial charge in [-0.15, -0.1) is 0 Å². The first-order valence-corrected chi connectivity index (χ1v) is 3.23. The first kappa shape index (κ1) is 6.37. The van der Waals surface area contributed by atoms with Crippen molar-refractivity contribution in [2.24, 2.45) is 0 Å². The SMILES string of the molecule is N#CNOC1CCCC1. The third-order valence-corrected chi connectivity index (χ3v) is 1.57. The summed E-state index contributed by atoms with van der Waals surface area (Å²) in [6.45, 7) is 0. The maximum atomic E-state index is 8.04. The lowest BCUT2D eigenvalue weighted by Crippen LogP contribution is -2.16. The van der Waals surface area contributed by atoms with E-state index in [-0.39, 0.29) is 6.10 Å². The minimum atomic E-state index is 0.282. The zero-order valence-corrected chi connectivity index (χ0v) is 5.26. The van der Waals surface area contributed by atoms with Gasteiger partial charge in [0.25, 0.3) is 0 Å². The average molecular weight is 126 g/mol. The second-order valence-electron chi connectivity index (χ2n) is 2.24. The Labute approximate surface area is 54.6 Å². The highest BCUT2D eigenvalue weighted by atomic mass is 16.7. The largest absolute Gasteiger partial charge is 0.264 e. The number of nitrogens with zero attached hydrogens (tertiary/aromatic N) is 1. The van der Waals surface area contributed by atoms with E-state index in [2.05, 4.69) is 5.48 Å². The van der Waals surface area contributed by atoms with E-state index >= 15 is 0 Å². The van der Waals surface area contributed by atoms with Gasteiger partial charge in [0.15, 0.2) is 0 Å². The number of hydrogen-bond donors (Lipinski definition) is 1. The molecule has 0 aromatic heterocycles. The fraction of sp³-hybridized carbons (Fsp3) is 0.833. The molecule has 1 aliphatic rings. The van der Waals surface area contributed by atoms with Gasteiger partial charge in [0.2, 0.25) is 6.19 Å². The quantitative estimate of drug-likeness (QED) is 0.340. The molecule has 0 atom stereocenters. The standard InChI is InChI=1S/C6H10N2O/c7-5-8-9-6-3-1-2-4-6/h6,8H,1-4H2. The zero-order chi connectivity index (χ0) is 6.53. The highest BCUT2D eigenvalue weighted by Crippen LogP contribution is 2.19. The lowest BCUT2D eigenvalue weighted by atomic mass is 10.3. The molecule has 1 fully saturated rings. The molecule has 50 valence electrons. The summed E-state index contributed by atoms with van der Waals surface area (Å²) < 4.78 is 0. The number of rotatable bonds is 2. The predicted octanol–water partition coefficient (Wildman–Crippen LogP) is 0.931. The monoisotopic (exact) mass is 126 g/mol. The molecule has 0 radical (unpaired) electrons. The lowest BCUT2D eigenvalue weighted by molar-refractivity contribution is 0.00804. The van der Waals surface area contributed by atoms with Crippen LogP contribution in [-0.2, 0) is 4.84 Å². The van der Waals surface area contributed by atoms with Crippen LogP contribution in [0, 0.1) is 11.5 Å². The van der Waals surface area contributed by atoms with Crippen LogP contribution in [0.5, 0.6) is 0 Å². The third kappa shape index (κ3) is 1.90. The van der Waals surface area contributed by atoms with E-state index in [4.69, 9.17) is 10.1 Å². The van der Waals surface area contributed by atoms with Gasteiger partial charge in [-0.05, 0) is 12.8 Å². The fourth-order valence-corrected chi connectivity index (χ4v) is 1.12. The van der Waals surface area contributed by atoms with E-state index in [9.17, 15) is 0 Å². The van der Waals surface area contributed by atoms with Crippen LogP contribution in [0.15, 0.2) is 0 Å². The normalized spacial score (nSPS) is 19.4. The van der Waals surface area contributed by atoms with E-state index in [1.807, 2.05) is 0 Å². The highest BCUT2D eigenvalue weighted by Gasteiger charge is 2.14. The minimum Gasteiger partial charge on any atom is -0.264 e. The minimum absolute atomic E-state index is 0.282. The Morgan fingerprint density at radius 2 is 2.11 bits per heavy atom. The number of hydrogen-bond acceptors (Lipinski definition) is 3. The number of nitriles is 1. The van der Waals surface area contributed by atoms with Crippen LogP contribution in [-0.4, -0.2) is 6.10 Å². The molecule has 3 heteroatoms. The van der Waals surface area contributed by atoms with Gasteiger partial charge in [-0.3, -0.25) is 4.84 Å². The summed E-state index contributed by atoms with van der Waals surface area (Å²) in [4.78, 5) is 4.94. The van der Waals surface area contributed by atoms with Crippen LogP contribution in [0.3, 0.4) is 0 Å². The van der Waals surface area contributed by atoms with Crippen LogP contribution >= 0.6 is 0 Å². The van der Waals surface area contributed by atoms with Gasteiger partial charge in [-0.2, -0.15) is 5.26 Å². The third-order valence-electron chi connectivity index (χ3n) is 1.57. The summed E-state index contributed by atoms with van der Waals surface area (Å²) in [6.07, 6.45) is 6.66. The molecule has 0 aromatic rings. The van der Waals surface area contributed by atoms with Crippen molar-refractivity contribution in [3.63, 3.8) is 0 Å². The van der Waals surface area contributed by atoms with Gasteiger partial charge in [0.05, 0.1) is 6.10 Å². The van der Waals surface area contributed by atoms with E-state index in [0.29, 0.717) is 0 Å². The van der Waals surface area contributed by atoms with Gasteiger partial charge in [-0.25, -0.2) is 5.48 Å². The molecule has 0 aromatic carbocycles. The van der Waals surface area contributed by atoms with Crippen molar-refractivity contribution in [1.82, 2.24) is 5.48 Å². The first-order chi connectivity index (χ1) is 4.43. The van der Waals surface area contributed by atoms with Crippen molar-refractivity contribution >= 4 is 0 Å². The van der Waals surface area contributed by atoms with Crippen LogP contribution in [0.2, 0.25) is 0 Å². The van der Waals surface area contributed by atoms with E-state index in [0.717, 1.165) is 12.8 Å². The predicted molar refractivity (Wildman–Crippen MR) is 32.1 cm³/mol. The van der Waals surface area contributed by atoms with Crippen LogP contribution in [0.25, 0.3) is 0 Å². The molecule has 0 aliphatic heterocycles. The van der Waals surface area contributed by atoms with Gasteiger partial charge < -0.3 is 0 Å². The summed E-state index contributed by atoms with van der Waals surface area (Å²) >= 11 is 0. The molecule has 0 heterocycles. The van der Waals surface area contributed by atoms with Crippen molar-refractivity contribution in [2.45, 2.75) is 31.8 Å². The molecule has 0 spiro atoms. The summed E-state index contributed by atoms with van der Waals surface area (Å²) in [6, 6.07) is 0. The topological polar surface area (TPSA) is 45.0 Å². The molecular formula is C6H10N2O. The molecule has 9 heavy (non-hydrogen) atoms. The Morgan fingerprint density at radius 3 is 2.67 bits per heavy atom. The molecule has 3 nitrogen and oxygen atoms in total. The Kier molecular flexibility index (Phi) is 2.34. The van der Waals surface area contributed by atoms with E-state index in [1.54, 1.807) is 6.19 Å². The summed E-state index contributed by atoms with van der Waals surface area (Å²) in [5.41, 5.74) is 2.20. The van der Waals surface area contributed by atoms with Crippen molar-refractivity contribution in [3.05, 3.63) is 0 Å². The highest BCUT2D eigenvalue weighted by molar-refractivity contribution is 4.67. The summed E-state index contributed by atoms with van der Waals surface area (Å²) in [7, 11) is 0. The molecule has 1 saturated carbocycles. The summed E-state index contributed by atoms with van der Waals surface area (Å²) in [5, 5.41) is 8.04. The van der Waals surface area contributed by atoms with Gasteiger partial charge in [0.1, 0.15) is 0 Å². The van der Waals surface area contributed by atoms with Crippen molar-refractivity contribution in [1.29, 1.82) is 5.26 Å². The molecule has 0 saturated heterocycles. The smallest absolute Gasteiger partial charge is 0.202 e. The molecule has 0 unspecified atom stereocenters. The fourth-order valence-electron chi connectivity index (χ4n) is 1.12. The van der Waals surface area contributed by atoms with Crippen molar-refractivity contribution in [2.75, 3.05) is 0 Å². The van der Waals surface area contributed by atoms with E-state index < -0.39 is 0 Å². The van der Waals surface area contributed by atoms with Gasteiger partial charge in [-0.1, -0.05) is 12.8 Å². The number of hydroxylamine groups is 1. The maximum Gasteiger partial charge on any atom is 0.202 e. The summed E-state index contributed by atoms with van der Waals surface area (Å²) in [5.74, 6) is 0. The second-order valence-corrected chi connectivity index (χ2v) is 2.24. The zero-order valence-electron chi connectivity index (χ0n) is 5.26. The van der Waals surface area contributed by atoms with E-state index in [1.165, 1.54) is 12.8 Å². The Morgan fingerprint density at radius 1 is 1.44 bits per heavy atom. The average Bonchev–Trinajstić information content (AvgIpc) is 2.34. The van der Waals surface area contributed by atoms with Crippen LogP contribution in [0.1, 0.15) is 25.7 Å².